The first kappa shape index (κ1) is 18.3. The Hall–Kier alpha value is -3.54. The number of nitrogens with zero attached hydrogens (tertiary/aromatic N) is 2. The lowest BCUT2D eigenvalue weighted by molar-refractivity contribution is -0.354. The Morgan fingerprint density at radius 2 is 1.78 bits per heavy atom. The maximum atomic E-state index is 12.3. The Labute approximate surface area is 157 Å². The van der Waals surface area contributed by atoms with Crippen LogP contribution in [0.3, 0.4) is 0 Å². The van der Waals surface area contributed by atoms with Gasteiger partial charge in [-0.25, -0.2) is 0 Å². The molecule has 0 radical (unpaired) electrons. The molecule has 3 aromatic rings. The Balaban J connectivity index is 1.82. The number of hydrogen-bond donors (Lipinski definition) is 1. The summed E-state index contributed by atoms with van der Waals surface area (Å²) in [6, 6.07) is 18.3. The van der Waals surface area contributed by atoms with Crippen LogP contribution in [0.25, 0.3) is 10.8 Å². The molecule has 138 valence electrons. The van der Waals surface area contributed by atoms with E-state index >= 15 is 0 Å². The number of ether oxygens (including phenoxy) is 1. The predicted molar refractivity (Wildman–Crippen MR) is 109 cm³/mol. The number of hydrogen-bond acceptors (Lipinski definition) is 4. The van der Waals surface area contributed by atoms with Crippen LogP contribution in [0.2, 0.25) is 0 Å². The topological polar surface area (TPSA) is 67.6 Å². The molecule has 0 spiro atoms. The van der Waals surface area contributed by atoms with Crippen LogP contribution in [0.4, 0.5) is 17.1 Å². The van der Waals surface area contributed by atoms with E-state index in [0.717, 1.165) is 22.7 Å². The van der Waals surface area contributed by atoms with E-state index in [1.807, 2.05) is 61.5 Å². The minimum Gasteiger partial charge on any atom is -0.618 e. The second-order valence-electron chi connectivity index (χ2n) is 6.22. The fourth-order valence-electron chi connectivity index (χ4n) is 2.81. The number of benzene rings is 3. The van der Waals surface area contributed by atoms with Gasteiger partial charge >= 0.3 is 5.91 Å². The van der Waals surface area contributed by atoms with Gasteiger partial charge in [0.15, 0.2) is 0 Å². The molecule has 0 heterocycles. The molecular weight excluding hydrogens is 342 g/mol. The Bertz CT molecular complexity index is 995. The zero-order chi connectivity index (χ0) is 19.4. The minimum absolute atomic E-state index is 0.376. The lowest BCUT2D eigenvalue weighted by atomic mass is 10.1. The first-order valence-corrected chi connectivity index (χ1v) is 8.45. The van der Waals surface area contributed by atoms with Crippen molar-refractivity contribution in [2.75, 3.05) is 31.4 Å². The number of fused-ring (bicyclic) bond motifs is 1. The third-order valence-electron chi connectivity index (χ3n) is 4.20. The molecule has 0 aromatic heterocycles. The lowest BCUT2D eigenvalue weighted by Gasteiger charge is -2.13. The van der Waals surface area contributed by atoms with Crippen LogP contribution in [0.5, 0.6) is 5.75 Å². The molecule has 0 bridgehead atoms. The van der Waals surface area contributed by atoms with Crippen LogP contribution in [0.1, 0.15) is 0 Å². The highest BCUT2D eigenvalue weighted by Gasteiger charge is 2.12. The van der Waals surface area contributed by atoms with E-state index in [1.54, 1.807) is 25.3 Å². The number of carbonyl (C=O) groups is 1. The second kappa shape index (κ2) is 7.78. The number of amides is 1. The maximum absolute atomic E-state index is 12.3. The van der Waals surface area contributed by atoms with E-state index in [-0.39, 0.29) is 0 Å². The van der Waals surface area contributed by atoms with Crippen LogP contribution in [0, 0.1) is 5.21 Å². The molecule has 6 heteroatoms. The summed E-state index contributed by atoms with van der Waals surface area (Å²) in [6.07, 6.45) is 0.972. The van der Waals surface area contributed by atoms with Gasteiger partial charge in [0.25, 0.3) is 0 Å². The normalized spacial score (nSPS) is 11.3. The summed E-state index contributed by atoms with van der Waals surface area (Å²) < 4.78 is 6.00. The van der Waals surface area contributed by atoms with E-state index in [1.165, 1.54) is 0 Å². The molecule has 0 aliphatic heterocycles. The summed E-state index contributed by atoms with van der Waals surface area (Å²) >= 11 is 0. The smallest absolute Gasteiger partial charge is 0.313 e. The number of rotatable bonds is 5. The molecule has 1 amide bonds. The van der Waals surface area contributed by atoms with Gasteiger partial charge in [-0.3, -0.25) is 4.79 Å². The molecule has 0 aliphatic rings. The molecule has 27 heavy (non-hydrogen) atoms. The number of carbonyl (C=O) groups excluding carboxylic acids is 1. The highest BCUT2D eigenvalue weighted by Crippen LogP contribution is 2.33. The Morgan fingerprint density at radius 1 is 1.07 bits per heavy atom. The van der Waals surface area contributed by atoms with E-state index in [4.69, 9.17) is 4.74 Å². The summed E-state index contributed by atoms with van der Waals surface area (Å²) in [7, 11) is 5.38. The summed E-state index contributed by atoms with van der Waals surface area (Å²) in [5.74, 6) is 0.0258. The molecule has 6 nitrogen and oxygen atoms in total. The summed E-state index contributed by atoms with van der Waals surface area (Å²) in [5.41, 5.74) is 1.85. The van der Waals surface area contributed by atoms with Gasteiger partial charge in [-0.2, -0.15) is 4.74 Å². The number of anilines is 2. The Kier molecular flexibility index (Phi) is 5.26. The molecular formula is C21H21N3O3. The van der Waals surface area contributed by atoms with Crippen molar-refractivity contribution >= 4 is 40.0 Å². The lowest BCUT2D eigenvalue weighted by Crippen LogP contribution is -2.18. The largest absolute Gasteiger partial charge is 0.618 e. The van der Waals surface area contributed by atoms with Crippen molar-refractivity contribution in [2.24, 2.45) is 0 Å². The van der Waals surface area contributed by atoms with Gasteiger partial charge in [0.2, 0.25) is 11.9 Å². The van der Waals surface area contributed by atoms with Crippen molar-refractivity contribution in [1.82, 2.24) is 0 Å². The van der Waals surface area contributed by atoms with E-state index in [2.05, 4.69) is 5.32 Å². The van der Waals surface area contributed by atoms with Crippen molar-refractivity contribution < 1.29 is 14.3 Å². The third kappa shape index (κ3) is 4.00. The molecule has 0 atom stereocenters. The molecule has 3 rings (SSSR count). The zero-order valence-corrected chi connectivity index (χ0v) is 15.5. The third-order valence-corrected chi connectivity index (χ3v) is 4.20. The number of nitrogens with one attached hydrogen (secondary N) is 1. The van der Waals surface area contributed by atoms with Crippen LogP contribution in [0.15, 0.2) is 60.7 Å². The van der Waals surface area contributed by atoms with E-state index < -0.39 is 5.91 Å². The van der Waals surface area contributed by atoms with Crippen molar-refractivity contribution in [3.63, 3.8) is 0 Å². The SMILES string of the molecule is COc1c(NC(=O)/C=[N+](\[O-])c2ccc(N(C)C)cc2)ccc2ccccc12. The highest BCUT2D eigenvalue weighted by atomic mass is 16.5. The fraction of sp³-hybridized carbons (Fsp3) is 0.143. The van der Waals surface area contributed by atoms with Crippen molar-refractivity contribution in [3.05, 3.63) is 65.9 Å². The van der Waals surface area contributed by atoms with Gasteiger partial charge in [0.05, 0.1) is 12.8 Å². The number of methoxy groups -OCH3 is 1. The van der Waals surface area contributed by atoms with Crippen LogP contribution in [-0.4, -0.2) is 38.1 Å². The van der Waals surface area contributed by atoms with Gasteiger partial charge in [0.1, 0.15) is 5.75 Å². The average Bonchev–Trinajstić information content (AvgIpc) is 2.67. The van der Waals surface area contributed by atoms with Crippen LogP contribution in [-0.2, 0) is 4.79 Å². The molecule has 3 aromatic carbocycles. The highest BCUT2D eigenvalue weighted by molar-refractivity contribution is 6.30. The van der Waals surface area contributed by atoms with Gasteiger partial charge in [-0.05, 0) is 23.6 Å². The van der Waals surface area contributed by atoms with E-state index in [9.17, 15) is 10.0 Å². The fourth-order valence-corrected chi connectivity index (χ4v) is 2.81. The molecule has 0 saturated heterocycles. The van der Waals surface area contributed by atoms with Crippen molar-refractivity contribution in [2.45, 2.75) is 0 Å². The van der Waals surface area contributed by atoms with Gasteiger partial charge in [-0.1, -0.05) is 30.3 Å². The summed E-state index contributed by atoms with van der Waals surface area (Å²) in [6.45, 7) is 0. The second-order valence-corrected chi connectivity index (χ2v) is 6.22. The van der Waals surface area contributed by atoms with E-state index in [0.29, 0.717) is 21.9 Å². The average molecular weight is 363 g/mol. The Morgan fingerprint density at radius 3 is 2.44 bits per heavy atom. The molecule has 0 aliphatic carbocycles. The van der Waals surface area contributed by atoms with Crippen LogP contribution >= 0.6 is 0 Å². The predicted octanol–water partition coefficient (Wildman–Crippen LogP) is 3.77. The molecule has 0 saturated carbocycles. The van der Waals surface area contributed by atoms with Crippen molar-refractivity contribution in [1.29, 1.82) is 0 Å². The monoisotopic (exact) mass is 363 g/mol. The zero-order valence-electron chi connectivity index (χ0n) is 15.5. The first-order valence-electron chi connectivity index (χ1n) is 8.45. The standard InChI is InChI=1S/C21H21N3O3/c1-23(2)16-9-11-17(12-10-16)24(26)14-20(25)22-19-13-8-15-6-4-5-7-18(15)21(19)27-3/h4-14H,1-3H3,(H,22,25)/b24-14-. The van der Waals surface area contributed by atoms with Gasteiger partial charge < -0.3 is 20.2 Å². The quantitative estimate of drug-likeness (QED) is 0.324. The first-order chi connectivity index (χ1) is 13.0. The van der Waals surface area contributed by atoms with Crippen molar-refractivity contribution in [3.8, 4) is 5.75 Å². The minimum atomic E-state index is -0.532. The summed E-state index contributed by atoms with van der Waals surface area (Å²) in [5, 5.41) is 16.9. The molecule has 0 fully saturated rings. The summed E-state index contributed by atoms with van der Waals surface area (Å²) in [4.78, 5) is 14.2. The van der Waals surface area contributed by atoms with Gasteiger partial charge in [0, 0.05) is 37.3 Å². The molecule has 1 N–H and O–H groups in total. The van der Waals surface area contributed by atoms with Crippen LogP contribution < -0.4 is 15.0 Å². The molecule has 0 unspecified atom stereocenters. The maximum Gasteiger partial charge on any atom is 0.313 e. The van der Waals surface area contributed by atoms with Gasteiger partial charge in [-0.15, -0.1) is 0 Å².